The third-order valence-corrected chi connectivity index (χ3v) is 7.05. The topological polar surface area (TPSA) is 88.3 Å². The van der Waals surface area contributed by atoms with E-state index in [4.69, 9.17) is 27.9 Å². The predicted octanol–water partition coefficient (Wildman–Crippen LogP) is 3.30. The molecule has 170 valence electrons. The van der Waals surface area contributed by atoms with E-state index in [9.17, 15) is 5.11 Å². The molecule has 4 atom stereocenters. The molecule has 5 rings (SSSR count). The molecule has 0 aliphatic carbocycles. The predicted molar refractivity (Wildman–Crippen MR) is 120 cm³/mol. The molecule has 0 saturated carbocycles. The molecule has 4 heterocycles. The molecule has 0 amide bonds. The minimum atomic E-state index is -1.11. The van der Waals surface area contributed by atoms with Crippen molar-refractivity contribution in [3.8, 4) is 0 Å². The van der Waals surface area contributed by atoms with Gasteiger partial charge in [0.05, 0.1) is 42.8 Å². The van der Waals surface area contributed by atoms with Crippen molar-refractivity contribution in [2.24, 2.45) is 7.05 Å². The molecular formula is C21H23Cl2FN6O2. The van der Waals surface area contributed by atoms with E-state index < -0.39 is 12.3 Å². The van der Waals surface area contributed by atoms with Crippen LogP contribution in [0.2, 0.25) is 10.2 Å². The lowest BCUT2D eigenvalue weighted by Crippen LogP contribution is -2.50. The van der Waals surface area contributed by atoms with Crippen LogP contribution in [-0.2, 0) is 11.8 Å². The molecule has 2 saturated heterocycles. The van der Waals surface area contributed by atoms with Crippen LogP contribution in [0, 0.1) is 0 Å². The highest BCUT2D eigenvalue weighted by Gasteiger charge is 2.39. The molecule has 3 aromatic rings. The summed E-state index contributed by atoms with van der Waals surface area (Å²) >= 11 is 12.7. The Kier molecular flexibility index (Phi) is 5.94. The van der Waals surface area contributed by atoms with Crippen LogP contribution in [0.15, 0.2) is 24.5 Å². The maximum atomic E-state index is 15.3. The largest absolute Gasteiger partial charge is 0.389 e. The Morgan fingerprint density at radius 2 is 2.09 bits per heavy atom. The standard InChI is InChI=1S/C21H23Cl2FN6O2/c1-29-20(23)17(7-26-29)28-21-25-6-11-4-14(22)13(5-16(11)27-21)12-2-3-30(8-15(12)24)18-9-32-10-19(18)31/h4-7,12,15,18-19,31H,2-3,8-10H2,1H3,(H,25,27,28)/t12-,15+,18+,19-/m1/s1. The molecular weight excluding hydrogens is 458 g/mol. The number of benzene rings is 1. The summed E-state index contributed by atoms with van der Waals surface area (Å²) in [6.45, 7) is 1.64. The van der Waals surface area contributed by atoms with Crippen LogP contribution < -0.4 is 5.32 Å². The molecule has 32 heavy (non-hydrogen) atoms. The number of piperidine rings is 1. The number of nitrogens with one attached hydrogen (secondary N) is 1. The SMILES string of the molecule is Cn1ncc(Nc2ncc3cc(Cl)c([C@H]4CCN([C@H]5COC[C@H]5O)C[C@@H]4F)cc3n2)c1Cl. The van der Waals surface area contributed by atoms with Crippen LogP contribution in [0.4, 0.5) is 16.0 Å². The fraction of sp³-hybridized carbons (Fsp3) is 0.476. The number of hydrogen-bond acceptors (Lipinski definition) is 7. The molecule has 2 aliphatic heterocycles. The number of aliphatic hydroxyl groups is 1. The van der Waals surface area contributed by atoms with E-state index >= 15 is 4.39 Å². The van der Waals surface area contributed by atoms with E-state index in [1.54, 1.807) is 25.5 Å². The van der Waals surface area contributed by atoms with Gasteiger partial charge in [-0.2, -0.15) is 5.10 Å². The van der Waals surface area contributed by atoms with E-state index in [0.717, 1.165) is 10.9 Å². The van der Waals surface area contributed by atoms with Gasteiger partial charge in [0.25, 0.3) is 0 Å². The van der Waals surface area contributed by atoms with Crippen molar-refractivity contribution >= 4 is 45.7 Å². The molecule has 1 aromatic carbocycles. The van der Waals surface area contributed by atoms with E-state index in [2.05, 4.69) is 20.4 Å². The minimum absolute atomic E-state index is 0.151. The van der Waals surface area contributed by atoms with Gasteiger partial charge in [0, 0.05) is 36.1 Å². The monoisotopic (exact) mass is 480 g/mol. The third-order valence-electron chi connectivity index (χ3n) is 6.27. The Bertz CT molecular complexity index is 1140. The quantitative estimate of drug-likeness (QED) is 0.591. The van der Waals surface area contributed by atoms with Crippen LogP contribution in [-0.4, -0.2) is 74.4 Å². The smallest absolute Gasteiger partial charge is 0.227 e. The highest BCUT2D eigenvalue weighted by atomic mass is 35.5. The zero-order valence-corrected chi connectivity index (χ0v) is 18.9. The number of aromatic nitrogens is 4. The summed E-state index contributed by atoms with van der Waals surface area (Å²) in [5, 5.41) is 18.9. The molecule has 0 radical (unpaired) electrons. The van der Waals surface area contributed by atoms with E-state index in [1.807, 2.05) is 11.0 Å². The van der Waals surface area contributed by atoms with Gasteiger partial charge >= 0.3 is 0 Å². The van der Waals surface area contributed by atoms with Crippen LogP contribution in [0.1, 0.15) is 17.9 Å². The van der Waals surface area contributed by atoms with Gasteiger partial charge in [-0.3, -0.25) is 9.58 Å². The lowest BCUT2D eigenvalue weighted by atomic mass is 9.86. The molecule has 2 aromatic heterocycles. The molecule has 2 fully saturated rings. The van der Waals surface area contributed by atoms with Gasteiger partial charge in [0.1, 0.15) is 11.3 Å². The maximum absolute atomic E-state index is 15.3. The van der Waals surface area contributed by atoms with Gasteiger partial charge in [-0.1, -0.05) is 23.2 Å². The Labute approximate surface area is 194 Å². The second-order valence-electron chi connectivity index (χ2n) is 8.30. The first-order valence-corrected chi connectivity index (χ1v) is 11.2. The normalized spacial score (nSPS) is 26.7. The van der Waals surface area contributed by atoms with Crippen molar-refractivity contribution in [2.45, 2.75) is 30.7 Å². The molecule has 0 bridgehead atoms. The molecule has 11 heteroatoms. The van der Waals surface area contributed by atoms with Crippen molar-refractivity contribution in [3.05, 3.63) is 40.3 Å². The van der Waals surface area contributed by atoms with Gasteiger partial charge in [0.15, 0.2) is 0 Å². The van der Waals surface area contributed by atoms with Gasteiger partial charge in [-0.15, -0.1) is 0 Å². The highest BCUT2D eigenvalue weighted by molar-refractivity contribution is 6.32. The average molecular weight is 481 g/mol. The number of fused-ring (bicyclic) bond motifs is 1. The Balaban J connectivity index is 1.39. The zero-order chi connectivity index (χ0) is 22.4. The number of anilines is 2. The minimum Gasteiger partial charge on any atom is -0.389 e. The van der Waals surface area contributed by atoms with Crippen molar-refractivity contribution in [3.63, 3.8) is 0 Å². The van der Waals surface area contributed by atoms with Gasteiger partial charge < -0.3 is 15.2 Å². The fourth-order valence-electron chi connectivity index (χ4n) is 4.50. The number of ether oxygens (including phenoxy) is 1. The Morgan fingerprint density at radius 3 is 2.78 bits per heavy atom. The van der Waals surface area contributed by atoms with E-state index in [-0.39, 0.29) is 18.5 Å². The zero-order valence-electron chi connectivity index (χ0n) is 17.4. The number of hydrogen-bond donors (Lipinski definition) is 2. The summed E-state index contributed by atoms with van der Waals surface area (Å²) in [5.41, 5.74) is 1.99. The second kappa shape index (κ2) is 8.72. The van der Waals surface area contributed by atoms with Gasteiger partial charge in [0.2, 0.25) is 5.95 Å². The van der Waals surface area contributed by atoms with Crippen LogP contribution in [0.25, 0.3) is 10.9 Å². The maximum Gasteiger partial charge on any atom is 0.227 e. The number of likely N-dealkylation sites (tertiary alicyclic amines) is 1. The van der Waals surface area contributed by atoms with Crippen LogP contribution in [0.3, 0.4) is 0 Å². The lowest BCUT2D eigenvalue weighted by molar-refractivity contribution is 0.0353. The van der Waals surface area contributed by atoms with Gasteiger partial charge in [-0.25, -0.2) is 14.4 Å². The van der Waals surface area contributed by atoms with Crippen molar-refractivity contribution in [2.75, 3.05) is 31.6 Å². The fourth-order valence-corrected chi connectivity index (χ4v) is 4.95. The van der Waals surface area contributed by atoms with Crippen molar-refractivity contribution in [1.29, 1.82) is 0 Å². The van der Waals surface area contributed by atoms with Crippen molar-refractivity contribution < 1.29 is 14.2 Å². The summed E-state index contributed by atoms with van der Waals surface area (Å²) < 4.78 is 22.1. The second-order valence-corrected chi connectivity index (χ2v) is 9.07. The number of alkyl halides is 1. The molecule has 0 spiro atoms. The molecule has 0 unspecified atom stereocenters. The summed E-state index contributed by atoms with van der Waals surface area (Å²) in [4.78, 5) is 10.9. The highest BCUT2D eigenvalue weighted by Crippen LogP contribution is 2.38. The number of rotatable bonds is 4. The average Bonchev–Trinajstić information content (AvgIpc) is 3.34. The Morgan fingerprint density at radius 1 is 1.25 bits per heavy atom. The van der Waals surface area contributed by atoms with Crippen LogP contribution in [0.5, 0.6) is 0 Å². The summed E-state index contributed by atoms with van der Waals surface area (Å²) in [6.07, 6.45) is 2.18. The number of nitrogens with zero attached hydrogens (tertiary/aromatic N) is 5. The van der Waals surface area contributed by atoms with Crippen LogP contribution >= 0.6 is 23.2 Å². The van der Waals surface area contributed by atoms with E-state index in [0.29, 0.717) is 53.5 Å². The first kappa shape index (κ1) is 21.8. The molecule has 2 aliphatic rings. The number of halogens is 3. The first-order chi connectivity index (χ1) is 15.4. The molecule has 2 N–H and O–H groups in total. The van der Waals surface area contributed by atoms with E-state index in [1.165, 1.54) is 4.68 Å². The summed E-state index contributed by atoms with van der Waals surface area (Å²) in [6, 6.07) is 3.47. The van der Waals surface area contributed by atoms with Gasteiger partial charge in [-0.05, 0) is 30.7 Å². The number of aryl methyl sites for hydroxylation is 1. The lowest BCUT2D eigenvalue weighted by Gasteiger charge is -2.39. The number of aliphatic hydroxyl groups excluding tert-OH is 1. The first-order valence-electron chi connectivity index (χ1n) is 10.5. The summed E-state index contributed by atoms with van der Waals surface area (Å²) in [7, 11) is 1.74. The Hall–Kier alpha value is -2.04. The van der Waals surface area contributed by atoms with Crippen molar-refractivity contribution in [1.82, 2.24) is 24.6 Å². The molecule has 8 nitrogen and oxygen atoms in total. The third kappa shape index (κ3) is 4.04. The summed E-state index contributed by atoms with van der Waals surface area (Å²) in [5.74, 6) is 0.0178.